The Bertz CT molecular complexity index is 729. The molecule has 2 aliphatic heterocycles. The second-order valence-corrected chi connectivity index (χ2v) is 9.43. The van der Waals surface area contributed by atoms with Gasteiger partial charge >= 0.3 is 5.97 Å². The third-order valence-electron chi connectivity index (χ3n) is 4.79. The summed E-state index contributed by atoms with van der Waals surface area (Å²) in [5.74, 6) is -1.16. The molecule has 1 aromatic rings. The largest absolute Gasteiger partial charge is 0.478 e. The number of hydrogen-bond donors (Lipinski definition) is 3. The minimum atomic E-state index is -3.80. The molecule has 0 spiro atoms. The van der Waals surface area contributed by atoms with Crippen molar-refractivity contribution in [2.75, 3.05) is 26.7 Å². The van der Waals surface area contributed by atoms with E-state index >= 15 is 0 Å². The number of sulfonamides is 1. The molecule has 0 radical (unpaired) electrons. The summed E-state index contributed by atoms with van der Waals surface area (Å²) in [5, 5.41) is 12.6. The van der Waals surface area contributed by atoms with E-state index in [2.05, 4.69) is 22.0 Å². The van der Waals surface area contributed by atoms with Crippen LogP contribution in [0.15, 0.2) is 4.21 Å². The van der Waals surface area contributed by atoms with E-state index in [-0.39, 0.29) is 9.77 Å². The van der Waals surface area contributed by atoms with Gasteiger partial charge in [0.2, 0.25) is 0 Å². The molecule has 24 heavy (non-hydrogen) atoms. The highest BCUT2D eigenvalue weighted by molar-refractivity contribution is 7.91. The molecule has 3 N–H and O–H groups in total. The third-order valence-corrected chi connectivity index (χ3v) is 8.01. The second kappa shape index (κ2) is 7.09. The maximum Gasteiger partial charge on any atom is 0.338 e. The molecule has 0 aromatic carbocycles. The quantitative estimate of drug-likeness (QED) is 0.684. The summed E-state index contributed by atoms with van der Waals surface area (Å²) in [5.41, 5.74) is 0.629. The fourth-order valence-corrected chi connectivity index (χ4v) is 6.44. The van der Waals surface area contributed by atoms with E-state index in [4.69, 9.17) is 0 Å². The molecule has 0 amide bonds. The van der Waals surface area contributed by atoms with Gasteiger partial charge in [-0.25, -0.2) is 17.9 Å². The standard InChI is InChI=1S/C15H23N3O4S2/c1-18-8-2-3-10(18)4-7-17-24(21,22)15-13(14(19)20)11-5-6-16-9-12(11)23-15/h10,16-17H,2-9H2,1H3,(H,19,20). The second-order valence-electron chi connectivity index (χ2n) is 6.36. The Morgan fingerprint density at radius 1 is 1.50 bits per heavy atom. The van der Waals surface area contributed by atoms with E-state index in [0.29, 0.717) is 37.7 Å². The maximum absolute atomic E-state index is 12.6. The van der Waals surface area contributed by atoms with Crippen molar-refractivity contribution in [3.05, 3.63) is 16.0 Å². The molecule has 0 saturated carbocycles. The number of nitrogens with one attached hydrogen (secondary N) is 2. The van der Waals surface area contributed by atoms with Gasteiger partial charge in [-0.3, -0.25) is 0 Å². The lowest BCUT2D eigenvalue weighted by Crippen LogP contribution is -2.32. The average molecular weight is 374 g/mol. The average Bonchev–Trinajstić information content (AvgIpc) is 3.11. The van der Waals surface area contributed by atoms with Crippen LogP contribution in [-0.4, -0.2) is 57.1 Å². The minimum Gasteiger partial charge on any atom is -0.478 e. The van der Waals surface area contributed by atoms with Gasteiger partial charge < -0.3 is 15.3 Å². The number of likely N-dealkylation sites (tertiary alicyclic amines) is 1. The molecular formula is C15H23N3O4S2. The number of rotatable bonds is 6. The Kier molecular flexibility index (Phi) is 5.26. The van der Waals surface area contributed by atoms with Gasteiger partial charge in [0.1, 0.15) is 4.21 Å². The first-order valence-corrected chi connectivity index (χ1v) is 10.5. The van der Waals surface area contributed by atoms with Gasteiger partial charge in [-0.2, -0.15) is 0 Å². The molecule has 1 aromatic heterocycles. The predicted molar refractivity (Wildman–Crippen MR) is 92.1 cm³/mol. The first-order chi connectivity index (χ1) is 11.4. The molecule has 2 aliphatic rings. The zero-order valence-corrected chi connectivity index (χ0v) is 15.3. The molecule has 7 nitrogen and oxygen atoms in total. The molecule has 1 atom stereocenters. The number of hydrogen-bond acceptors (Lipinski definition) is 6. The van der Waals surface area contributed by atoms with E-state index < -0.39 is 16.0 Å². The molecule has 3 heterocycles. The summed E-state index contributed by atoms with van der Waals surface area (Å²) in [6.07, 6.45) is 3.51. The SMILES string of the molecule is CN1CCCC1CCNS(=O)(=O)c1sc2c(c1C(=O)O)CCNC2. The Balaban J connectivity index is 1.76. The molecule has 134 valence electrons. The molecule has 3 rings (SSSR count). The van der Waals surface area contributed by atoms with Crippen molar-refractivity contribution in [3.8, 4) is 0 Å². The lowest BCUT2D eigenvalue weighted by molar-refractivity contribution is 0.0692. The molecule has 0 bridgehead atoms. The molecule has 9 heteroatoms. The summed E-state index contributed by atoms with van der Waals surface area (Å²) in [6.45, 7) is 2.58. The Morgan fingerprint density at radius 3 is 2.96 bits per heavy atom. The van der Waals surface area contributed by atoms with E-state index in [9.17, 15) is 18.3 Å². The van der Waals surface area contributed by atoms with Crippen molar-refractivity contribution in [2.24, 2.45) is 0 Å². The Labute approximate surface area is 146 Å². The fourth-order valence-electron chi connectivity index (χ4n) is 3.48. The molecule has 0 aliphatic carbocycles. The van der Waals surface area contributed by atoms with Crippen LogP contribution >= 0.6 is 11.3 Å². The van der Waals surface area contributed by atoms with Crippen LogP contribution in [0.2, 0.25) is 0 Å². The maximum atomic E-state index is 12.6. The summed E-state index contributed by atoms with van der Waals surface area (Å²) >= 11 is 1.08. The zero-order chi connectivity index (χ0) is 17.3. The number of nitrogens with zero attached hydrogens (tertiary/aromatic N) is 1. The van der Waals surface area contributed by atoms with Crippen LogP contribution in [0.1, 0.15) is 40.1 Å². The molecule has 1 saturated heterocycles. The van der Waals surface area contributed by atoms with Crippen molar-refractivity contribution in [3.63, 3.8) is 0 Å². The van der Waals surface area contributed by atoms with Crippen LogP contribution < -0.4 is 10.0 Å². The Morgan fingerprint density at radius 2 is 2.29 bits per heavy atom. The van der Waals surface area contributed by atoms with Crippen molar-refractivity contribution in [2.45, 2.75) is 42.5 Å². The van der Waals surface area contributed by atoms with Crippen molar-refractivity contribution < 1.29 is 18.3 Å². The van der Waals surface area contributed by atoms with Crippen molar-refractivity contribution in [1.82, 2.24) is 14.9 Å². The van der Waals surface area contributed by atoms with E-state index in [1.54, 1.807) is 0 Å². The summed E-state index contributed by atoms with van der Waals surface area (Å²) < 4.78 is 27.8. The van der Waals surface area contributed by atoms with Gasteiger partial charge in [-0.05, 0) is 51.4 Å². The van der Waals surface area contributed by atoms with Crippen LogP contribution in [0.3, 0.4) is 0 Å². The van der Waals surface area contributed by atoms with Crippen molar-refractivity contribution in [1.29, 1.82) is 0 Å². The fraction of sp³-hybridized carbons (Fsp3) is 0.667. The molecule has 1 unspecified atom stereocenters. The van der Waals surface area contributed by atoms with Crippen molar-refractivity contribution >= 4 is 27.3 Å². The Hall–Kier alpha value is -1.00. The van der Waals surface area contributed by atoms with Crippen LogP contribution in [0, 0.1) is 0 Å². The van der Waals surface area contributed by atoms with E-state index in [1.165, 1.54) is 0 Å². The van der Waals surface area contributed by atoms with Gasteiger partial charge in [-0.15, -0.1) is 11.3 Å². The number of aromatic carboxylic acids is 1. The van der Waals surface area contributed by atoms with Gasteiger partial charge in [-0.1, -0.05) is 0 Å². The van der Waals surface area contributed by atoms with Crippen LogP contribution in [0.5, 0.6) is 0 Å². The number of carboxylic acids is 1. The summed E-state index contributed by atoms with van der Waals surface area (Å²) in [7, 11) is -1.75. The molecular weight excluding hydrogens is 350 g/mol. The summed E-state index contributed by atoms with van der Waals surface area (Å²) in [6, 6.07) is 0.396. The first kappa shape index (κ1) is 17.8. The highest BCUT2D eigenvalue weighted by Gasteiger charge is 2.32. The van der Waals surface area contributed by atoms with Crippen LogP contribution in [-0.2, 0) is 23.0 Å². The number of thiophene rings is 1. The van der Waals surface area contributed by atoms with Gasteiger partial charge in [0, 0.05) is 24.0 Å². The monoisotopic (exact) mass is 373 g/mol. The van der Waals surface area contributed by atoms with E-state index in [0.717, 1.165) is 42.0 Å². The highest BCUT2D eigenvalue weighted by atomic mass is 32.2. The highest BCUT2D eigenvalue weighted by Crippen LogP contribution is 2.34. The normalized spacial score (nSPS) is 21.8. The third kappa shape index (κ3) is 3.50. The first-order valence-electron chi connectivity index (χ1n) is 8.18. The van der Waals surface area contributed by atoms with Gasteiger partial charge in [0.25, 0.3) is 10.0 Å². The minimum absolute atomic E-state index is 0.0398. The zero-order valence-electron chi connectivity index (χ0n) is 13.7. The number of carboxylic acid groups (broad SMARTS) is 1. The number of carbonyl (C=O) groups is 1. The smallest absolute Gasteiger partial charge is 0.338 e. The topological polar surface area (TPSA) is 98.7 Å². The van der Waals surface area contributed by atoms with Crippen LogP contribution in [0.25, 0.3) is 0 Å². The predicted octanol–water partition coefficient (Wildman–Crippen LogP) is 0.855. The van der Waals surface area contributed by atoms with Crippen LogP contribution in [0.4, 0.5) is 0 Å². The summed E-state index contributed by atoms with van der Waals surface area (Å²) in [4.78, 5) is 14.7. The van der Waals surface area contributed by atoms with E-state index in [1.807, 2.05) is 0 Å². The molecule has 1 fully saturated rings. The van der Waals surface area contributed by atoms with Gasteiger partial charge in [0.15, 0.2) is 0 Å². The lowest BCUT2D eigenvalue weighted by atomic mass is 10.1. The lowest BCUT2D eigenvalue weighted by Gasteiger charge is -2.19. The van der Waals surface area contributed by atoms with Gasteiger partial charge in [0.05, 0.1) is 5.56 Å². The number of fused-ring (bicyclic) bond motifs is 1.